The number of carbonyl (C=O) groups excluding carboxylic acids is 1. The third-order valence-electron chi connectivity index (χ3n) is 3.78. The van der Waals surface area contributed by atoms with Crippen molar-refractivity contribution >= 4 is 5.91 Å². The zero-order chi connectivity index (χ0) is 15.2. The van der Waals surface area contributed by atoms with Crippen LogP contribution in [0.4, 0.5) is 0 Å². The number of carbonyl (C=O) groups is 1. The number of nitrogens with one attached hydrogen (secondary N) is 1. The minimum Gasteiger partial charge on any atom is -0.384 e. The first-order valence-electron chi connectivity index (χ1n) is 7.30. The Morgan fingerprint density at radius 1 is 1.43 bits per heavy atom. The summed E-state index contributed by atoms with van der Waals surface area (Å²) in [4.78, 5) is 14.7. The van der Waals surface area contributed by atoms with Crippen LogP contribution in [0.1, 0.15) is 34.3 Å². The van der Waals surface area contributed by atoms with Crippen LogP contribution in [-0.4, -0.2) is 48.7 Å². The molecule has 0 radical (unpaired) electrons. The van der Waals surface area contributed by atoms with Crippen molar-refractivity contribution in [3.8, 4) is 11.8 Å². The molecule has 2 N–H and O–H groups in total. The van der Waals surface area contributed by atoms with E-state index in [0.29, 0.717) is 11.1 Å². The molecule has 21 heavy (non-hydrogen) atoms. The second kappa shape index (κ2) is 7.26. The molecule has 0 unspecified atom stereocenters. The maximum atomic E-state index is 12.4. The number of rotatable bonds is 2. The highest BCUT2D eigenvalue weighted by atomic mass is 16.2. The average molecular weight is 286 g/mol. The summed E-state index contributed by atoms with van der Waals surface area (Å²) in [5, 5.41) is 11.9. The number of aliphatic hydroxyl groups is 1. The van der Waals surface area contributed by atoms with E-state index in [2.05, 4.69) is 29.1 Å². The normalized spacial score (nSPS) is 16.1. The molecule has 0 atom stereocenters. The molecule has 1 fully saturated rings. The van der Waals surface area contributed by atoms with Gasteiger partial charge in [-0.15, -0.1) is 0 Å². The Morgan fingerprint density at radius 3 is 2.81 bits per heavy atom. The maximum absolute atomic E-state index is 12.4. The number of aliphatic hydroxyl groups excluding tert-OH is 1. The molecule has 4 nitrogen and oxygen atoms in total. The minimum atomic E-state index is -0.204. The van der Waals surface area contributed by atoms with Gasteiger partial charge in [-0.1, -0.05) is 17.9 Å². The number of likely N-dealkylation sites (tertiary alicyclic amines) is 1. The largest absolute Gasteiger partial charge is 0.384 e. The van der Waals surface area contributed by atoms with Gasteiger partial charge in [0.25, 0.3) is 5.91 Å². The summed E-state index contributed by atoms with van der Waals surface area (Å²) in [6.07, 6.45) is 1.96. The summed E-state index contributed by atoms with van der Waals surface area (Å²) in [7, 11) is 2.10. The van der Waals surface area contributed by atoms with E-state index >= 15 is 0 Å². The molecular weight excluding hydrogens is 264 g/mol. The van der Waals surface area contributed by atoms with Crippen LogP contribution in [0.3, 0.4) is 0 Å². The number of hydrogen-bond acceptors (Lipinski definition) is 3. The van der Waals surface area contributed by atoms with E-state index in [9.17, 15) is 4.79 Å². The van der Waals surface area contributed by atoms with Crippen LogP contribution in [0.2, 0.25) is 0 Å². The van der Waals surface area contributed by atoms with E-state index in [1.165, 1.54) is 0 Å². The van der Waals surface area contributed by atoms with Crippen molar-refractivity contribution in [2.24, 2.45) is 0 Å². The van der Waals surface area contributed by atoms with Gasteiger partial charge in [0.2, 0.25) is 0 Å². The van der Waals surface area contributed by atoms with Crippen LogP contribution in [0.5, 0.6) is 0 Å². The second-order valence-corrected chi connectivity index (χ2v) is 5.56. The third-order valence-corrected chi connectivity index (χ3v) is 3.78. The van der Waals surface area contributed by atoms with E-state index in [0.717, 1.165) is 31.5 Å². The molecule has 1 aliphatic heterocycles. The van der Waals surface area contributed by atoms with Gasteiger partial charge in [-0.2, -0.15) is 0 Å². The fourth-order valence-corrected chi connectivity index (χ4v) is 2.51. The van der Waals surface area contributed by atoms with Crippen molar-refractivity contribution in [2.75, 3.05) is 26.7 Å². The lowest BCUT2D eigenvalue weighted by Gasteiger charge is -2.29. The summed E-state index contributed by atoms with van der Waals surface area (Å²) in [6, 6.07) is 5.83. The highest BCUT2D eigenvalue weighted by Gasteiger charge is 2.20. The lowest BCUT2D eigenvalue weighted by Crippen LogP contribution is -2.43. The summed E-state index contributed by atoms with van der Waals surface area (Å²) >= 11 is 0. The lowest BCUT2D eigenvalue weighted by atomic mass is 10.0. The van der Waals surface area contributed by atoms with Crippen molar-refractivity contribution in [3.05, 3.63) is 34.9 Å². The maximum Gasteiger partial charge on any atom is 0.252 e. The zero-order valence-corrected chi connectivity index (χ0v) is 12.6. The van der Waals surface area contributed by atoms with Gasteiger partial charge in [-0.25, -0.2) is 0 Å². The first-order chi connectivity index (χ1) is 10.1. The molecule has 4 heteroatoms. The Bertz CT molecular complexity index is 564. The van der Waals surface area contributed by atoms with Crippen molar-refractivity contribution < 1.29 is 9.90 Å². The summed E-state index contributed by atoms with van der Waals surface area (Å²) in [5.74, 6) is 5.40. The van der Waals surface area contributed by atoms with Gasteiger partial charge in [0.05, 0.1) is 5.56 Å². The minimum absolute atomic E-state index is 0.0770. The van der Waals surface area contributed by atoms with E-state index < -0.39 is 0 Å². The van der Waals surface area contributed by atoms with Crippen molar-refractivity contribution in [1.82, 2.24) is 10.2 Å². The van der Waals surface area contributed by atoms with Crippen LogP contribution >= 0.6 is 0 Å². The average Bonchev–Trinajstić information content (AvgIpc) is 2.47. The molecule has 0 aromatic heterocycles. The van der Waals surface area contributed by atoms with Crippen LogP contribution in [0.25, 0.3) is 0 Å². The topological polar surface area (TPSA) is 52.6 Å². The molecule has 0 aliphatic carbocycles. The Balaban J connectivity index is 2.11. The molecule has 2 rings (SSSR count). The predicted molar refractivity (Wildman–Crippen MR) is 83.1 cm³/mol. The lowest BCUT2D eigenvalue weighted by molar-refractivity contribution is 0.0916. The standard InChI is InChI=1S/C17H22N2O2/c1-13-5-6-16(14(12-13)4-3-11-20)17(21)18-15-7-9-19(2)10-8-15/h5-6,12,15,20H,7-11H2,1-2H3,(H,18,21). The van der Waals surface area contributed by atoms with Gasteiger partial charge in [0.1, 0.15) is 6.61 Å². The molecule has 1 amide bonds. The molecule has 1 heterocycles. The van der Waals surface area contributed by atoms with Gasteiger partial charge < -0.3 is 15.3 Å². The SMILES string of the molecule is Cc1ccc(C(=O)NC2CCN(C)CC2)c(C#CCO)c1. The van der Waals surface area contributed by atoms with E-state index in [4.69, 9.17) is 5.11 Å². The number of benzene rings is 1. The Kier molecular flexibility index (Phi) is 5.38. The molecule has 1 saturated heterocycles. The molecule has 0 bridgehead atoms. The first-order valence-corrected chi connectivity index (χ1v) is 7.30. The fraction of sp³-hybridized carbons (Fsp3) is 0.471. The van der Waals surface area contributed by atoms with Crippen molar-refractivity contribution in [2.45, 2.75) is 25.8 Å². The molecule has 1 aliphatic rings. The van der Waals surface area contributed by atoms with Gasteiger partial charge in [0.15, 0.2) is 0 Å². The third kappa shape index (κ3) is 4.32. The Labute approximate surface area is 126 Å². The highest BCUT2D eigenvalue weighted by Crippen LogP contribution is 2.13. The number of nitrogens with zero attached hydrogens (tertiary/aromatic N) is 1. The predicted octanol–water partition coefficient (Wildman–Crippen LogP) is 1.16. The van der Waals surface area contributed by atoms with Gasteiger partial charge in [-0.05, 0) is 57.6 Å². The zero-order valence-electron chi connectivity index (χ0n) is 12.6. The monoisotopic (exact) mass is 286 g/mol. The molecule has 1 aromatic rings. The molecule has 0 spiro atoms. The molecular formula is C17H22N2O2. The summed E-state index contributed by atoms with van der Waals surface area (Å²) < 4.78 is 0. The Hall–Kier alpha value is -1.83. The second-order valence-electron chi connectivity index (χ2n) is 5.56. The molecule has 0 saturated carbocycles. The number of piperidine rings is 1. The van der Waals surface area contributed by atoms with E-state index in [-0.39, 0.29) is 18.6 Å². The van der Waals surface area contributed by atoms with Crippen LogP contribution in [0, 0.1) is 18.8 Å². The van der Waals surface area contributed by atoms with Crippen LogP contribution in [-0.2, 0) is 0 Å². The molecule has 112 valence electrons. The number of hydrogen-bond donors (Lipinski definition) is 2. The number of aryl methyl sites for hydroxylation is 1. The smallest absolute Gasteiger partial charge is 0.252 e. The van der Waals surface area contributed by atoms with Crippen molar-refractivity contribution in [3.63, 3.8) is 0 Å². The summed E-state index contributed by atoms with van der Waals surface area (Å²) in [6.45, 7) is 3.78. The van der Waals surface area contributed by atoms with Crippen LogP contribution in [0.15, 0.2) is 18.2 Å². The van der Waals surface area contributed by atoms with Crippen LogP contribution < -0.4 is 5.32 Å². The molecule has 1 aromatic carbocycles. The first kappa shape index (κ1) is 15.6. The number of amides is 1. The van der Waals surface area contributed by atoms with E-state index in [1.807, 2.05) is 19.1 Å². The fourth-order valence-electron chi connectivity index (χ4n) is 2.51. The van der Waals surface area contributed by atoms with Gasteiger partial charge in [-0.3, -0.25) is 4.79 Å². The van der Waals surface area contributed by atoms with Crippen molar-refractivity contribution in [1.29, 1.82) is 0 Å². The van der Waals surface area contributed by atoms with Gasteiger partial charge >= 0.3 is 0 Å². The quantitative estimate of drug-likeness (QED) is 0.802. The Morgan fingerprint density at radius 2 is 2.14 bits per heavy atom. The summed E-state index contributed by atoms with van der Waals surface area (Å²) in [5.41, 5.74) is 2.31. The highest BCUT2D eigenvalue weighted by molar-refractivity contribution is 5.97. The van der Waals surface area contributed by atoms with Gasteiger partial charge in [0, 0.05) is 11.6 Å². The van der Waals surface area contributed by atoms with E-state index in [1.54, 1.807) is 6.07 Å².